The Bertz CT molecular complexity index is 528. The normalized spacial score (nSPS) is 23.8. The molecule has 0 aromatic heterocycles. The number of nitrogen functional groups attached to an aromatic ring is 1. The van der Waals surface area contributed by atoms with E-state index in [1.54, 1.807) is 6.07 Å². The van der Waals surface area contributed by atoms with Gasteiger partial charge in [-0.3, -0.25) is 0 Å². The van der Waals surface area contributed by atoms with Crippen LogP contribution >= 0.6 is 0 Å². The van der Waals surface area contributed by atoms with E-state index in [-0.39, 0.29) is 17.7 Å². The molecule has 2 rings (SSSR count). The molecule has 1 aliphatic rings. The van der Waals surface area contributed by atoms with Gasteiger partial charge < -0.3 is 5.73 Å². The fourth-order valence-corrected chi connectivity index (χ4v) is 3.90. The number of alkyl halides is 2. The molecule has 1 aromatic rings. The van der Waals surface area contributed by atoms with E-state index in [9.17, 15) is 17.2 Å². The first kappa shape index (κ1) is 12.3. The monoisotopic (exact) mass is 261 g/mol. The van der Waals surface area contributed by atoms with Crippen molar-refractivity contribution < 1.29 is 17.2 Å². The third-order valence-electron chi connectivity index (χ3n) is 2.98. The lowest BCUT2D eigenvalue weighted by Crippen LogP contribution is -2.21. The van der Waals surface area contributed by atoms with E-state index >= 15 is 0 Å². The number of anilines is 1. The highest BCUT2D eigenvalue weighted by Gasteiger charge is 2.45. The van der Waals surface area contributed by atoms with Crippen LogP contribution in [-0.2, 0) is 9.84 Å². The van der Waals surface area contributed by atoms with Gasteiger partial charge in [-0.25, -0.2) is 17.2 Å². The summed E-state index contributed by atoms with van der Waals surface area (Å²) < 4.78 is 50.2. The maximum absolute atomic E-state index is 13.0. The molecule has 0 saturated heterocycles. The van der Waals surface area contributed by atoms with Crippen LogP contribution in [0.2, 0.25) is 0 Å². The zero-order valence-corrected chi connectivity index (χ0v) is 9.88. The minimum absolute atomic E-state index is 0.00410. The topological polar surface area (TPSA) is 60.2 Å². The van der Waals surface area contributed by atoms with E-state index in [0.717, 1.165) is 0 Å². The molecule has 0 bridgehead atoms. The summed E-state index contributed by atoms with van der Waals surface area (Å²) in [7, 11) is -3.69. The molecule has 0 amide bonds. The van der Waals surface area contributed by atoms with Gasteiger partial charge in [0.25, 0.3) is 0 Å². The van der Waals surface area contributed by atoms with Crippen LogP contribution in [0.4, 0.5) is 14.5 Å². The SMILES string of the molecule is Nc1cccc(S(=O)(=O)C2CCC(F)(F)C2)c1. The molecule has 17 heavy (non-hydrogen) atoms. The second-order valence-corrected chi connectivity index (χ2v) is 6.57. The molecule has 0 aliphatic heterocycles. The zero-order valence-electron chi connectivity index (χ0n) is 9.07. The molecule has 0 radical (unpaired) electrons. The Hall–Kier alpha value is -1.17. The third kappa shape index (κ3) is 2.41. The van der Waals surface area contributed by atoms with Gasteiger partial charge in [0.15, 0.2) is 9.84 Å². The summed E-state index contributed by atoms with van der Waals surface area (Å²) in [5.41, 5.74) is 5.81. The maximum atomic E-state index is 13.0. The fraction of sp³-hybridized carbons (Fsp3) is 0.455. The van der Waals surface area contributed by atoms with Crippen molar-refractivity contribution in [2.75, 3.05) is 5.73 Å². The number of halogens is 2. The first-order valence-electron chi connectivity index (χ1n) is 5.28. The molecule has 1 aliphatic carbocycles. The van der Waals surface area contributed by atoms with Gasteiger partial charge in [0, 0.05) is 18.5 Å². The number of hydrogen-bond donors (Lipinski definition) is 1. The van der Waals surface area contributed by atoms with Gasteiger partial charge in [0.1, 0.15) is 0 Å². The smallest absolute Gasteiger partial charge is 0.249 e. The molecule has 1 fully saturated rings. The molecule has 0 heterocycles. The van der Waals surface area contributed by atoms with Gasteiger partial charge in [-0.05, 0) is 24.6 Å². The van der Waals surface area contributed by atoms with Crippen molar-refractivity contribution in [2.45, 2.75) is 35.3 Å². The Balaban J connectivity index is 2.32. The number of benzene rings is 1. The zero-order chi connectivity index (χ0) is 12.7. The lowest BCUT2D eigenvalue weighted by atomic mass is 10.3. The molecular formula is C11H13F2NO2S. The van der Waals surface area contributed by atoms with Gasteiger partial charge in [-0.2, -0.15) is 0 Å². The van der Waals surface area contributed by atoms with E-state index in [0.29, 0.717) is 5.69 Å². The van der Waals surface area contributed by atoms with Crippen LogP contribution < -0.4 is 5.73 Å². The van der Waals surface area contributed by atoms with E-state index in [2.05, 4.69) is 0 Å². The van der Waals surface area contributed by atoms with E-state index in [1.165, 1.54) is 18.2 Å². The van der Waals surface area contributed by atoms with Crippen LogP contribution in [0, 0.1) is 0 Å². The Morgan fingerprint density at radius 1 is 1.35 bits per heavy atom. The van der Waals surface area contributed by atoms with Crippen molar-refractivity contribution in [1.29, 1.82) is 0 Å². The van der Waals surface area contributed by atoms with Crippen molar-refractivity contribution >= 4 is 15.5 Å². The van der Waals surface area contributed by atoms with E-state index in [1.807, 2.05) is 0 Å². The Kier molecular flexibility index (Phi) is 2.85. The first-order chi connectivity index (χ1) is 7.81. The van der Waals surface area contributed by atoms with Crippen molar-refractivity contribution in [2.24, 2.45) is 0 Å². The molecule has 6 heteroatoms. The minimum atomic E-state index is -3.69. The fourth-order valence-electron chi connectivity index (χ4n) is 2.06. The summed E-state index contributed by atoms with van der Waals surface area (Å²) in [5.74, 6) is -2.86. The van der Waals surface area contributed by atoms with Crippen molar-refractivity contribution in [3.8, 4) is 0 Å². The Labute approximate surface area is 98.5 Å². The van der Waals surface area contributed by atoms with Crippen molar-refractivity contribution in [1.82, 2.24) is 0 Å². The highest BCUT2D eigenvalue weighted by Crippen LogP contribution is 2.40. The van der Waals surface area contributed by atoms with Crippen molar-refractivity contribution in [3.05, 3.63) is 24.3 Å². The Morgan fingerprint density at radius 2 is 2.06 bits per heavy atom. The summed E-state index contributed by atoms with van der Waals surface area (Å²) in [4.78, 5) is 0.0280. The standard InChI is InChI=1S/C11H13F2NO2S/c12-11(13)5-4-10(7-11)17(15,16)9-3-1-2-8(14)6-9/h1-3,6,10H,4-5,7,14H2. The van der Waals surface area contributed by atoms with Crippen molar-refractivity contribution in [3.63, 3.8) is 0 Å². The van der Waals surface area contributed by atoms with Crippen LogP contribution in [0.1, 0.15) is 19.3 Å². The lowest BCUT2D eigenvalue weighted by Gasteiger charge is -2.12. The van der Waals surface area contributed by atoms with Gasteiger partial charge in [-0.15, -0.1) is 0 Å². The molecular weight excluding hydrogens is 248 g/mol. The second-order valence-electron chi connectivity index (χ2n) is 4.34. The average Bonchev–Trinajstić information content (AvgIpc) is 2.59. The van der Waals surface area contributed by atoms with Crippen LogP contribution in [0.3, 0.4) is 0 Å². The van der Waals surface area contributed by atoms with Crippen LogP contribution in [0.15, 0.2) is 29.2 Å². The second kappa shape index (κ2) is 3.94. The molecule has 1 atom stereocenters. The number of rotatable bonds is 2. The summed E-state index contributed by atoms with van der Waals surface area (Å²) in [5, 5.41) is -1.00. The van der Waals surface area contributed by atoms with Gasteiger partial charge in [-0.1, -0.05) is 6.07 Å². The summed E-state index contributed by atoms with van der Waals surface area (Å²) >= 11 is 0. The van der Waals surface area contributed by atoms with Gasteiger partial charge in [0.2, 0.25) is 5.92 Å². The molecule has 1 saturated carbocycles. The predicted molar refractivity (Wildman–Crippen MR) is 60.6 cm³/mol. The number of sulfone groups is 1. The largest absolute Gasteiger partial charge is 0.399 e. The van der Waals surface area contributed by atoms with E-state index < -0.39 is 27.4 Å². The molecule has 1 aromatic carbocycles. The highest BCUT2D eigenvalue weighted by atomic mass is 32.2. The Morgan fingerprint density at radius 3 is 2.59 bits per heavy atom. The average molecular weight is 261 g/mol. The van der Waals surface area contributed by atoms with E-state index in [4.69, 9.17) is 5.73 Å². The lowest BCUT2D eigenvalue weighted by molar-refractivity contribution is 0.00955. The summed E-state index contributed by atoms with van der Waals surface area (Å²) in [6.45, 7) is 0. The van der Waals surface area contributed by atoms with Gasteiger partial charge >= 0.3 is 0 Å². The predicted octanol–water partition coefficient (Wildman–Crippen LogP) is 2.23. The molecule has 94 valence electrons. The number of nitrogens with two attached hydrogens (primary N) is 1. The minimum Gasteiger partial charge on any atom is -0.399 e. The molecule has 2 N–H and O–H groups in total. The summed E-state index contributed by atoms with van der Waals surface area (Å²) in [6.07, 6.45) is -0.951. The first-order valence-corrected chi connectivity index (χ1v) is 6.83. The molecule has 0 spiro atoms. The quantitative estimate of drug-likeness (QED) is 0.830. The molecule has 3 nitrogen and oxygen atoms in total. The maximum Gasteiger partial charge on any atom is 0.249 e. The van der Waals surface area contributed by atoms with Crippen LogP contribution in [0.25, 0.3) is 0 Å². The van der Waals surface area contributed by atoms with Crippen LogP contribution in [0.5, 0.6) is 0 Å². The van der Waals surface area contributed by atoms with Crippen LogP contribution in [-0.4, -0.2) is 19.6 Å². The number of hydrogen-bond acceptors (Lipinski definition) is 3. The third-order valence-corrected chi connectivity index (χ3v) is 5.17. The summed E-state index contributed by atoms with van der Waals surface area (Å²) in [6, 6.07) is 5.77. The highest BCUT2D eigenvalue weighted by molar-refractivity contribution is 7.92. The molecule has 1 unspecified atom stereocenters. The van der Waals surface area contributed by atoms with Gasteiger partial charge in [0.05, 0.1) is 10.1 Å².